The maximum absolute atomic E-state index is 14.7. The summed E-state index contributed by atoms with van der Waals surface area (Å²) in [7, 11) is 0. The molecule has 1 fully saturated rings. The minimum absolute atomic E-state index is 0.00248. The van der Waals surface area contributed by atoms with Crippen LogP contribution in [-0.4, -0.2) is 254 Å². The Morgan fingerprint density at radius 2 is 1.04 bits per heavy atom. The van der Waals surface area contributed by atoms with E-state index in [9.17, 15) is 122 Å². The van der Waals surface area contributed by atoms with E-state index in [0.29, 0.717) is 35.2 Å². The van der Waals surface area contributed by atoms with Crippen molar-refractivity contribution in [3.05, 3.63) is 36.0 Å². The number of esters is 1. The number of para-hydroxylation sites is 1. The number of hydrogen-bond donors (Lipinski definition) is 22. The average Bonchev–Trinajstić information content (AvgIpc) is 1.61. The zero-order valence-corrected chi connectivity index (χ0v) is 63.8. The summed E-state index contributed by atoms with van der Waals surface area (Å²) in [5.74, 6) is -28.5. The van der Waals surface area contributed by atoms with Gasteiger partial charge in [0, 0.05) is 29.9 Å². The van der Waals surface area contributed by atoms with Crippen LogP contribution in [0.3, 0.4) is 0 Å². The number of carbonyl (C=O) groups excluding carboxylic acids is 15. The monoisotopic (exact) mass is 1600 g/mol. The van der Waals surface area contributed by atoms with Crippen LogP contribution in [0, 0.1) is 17.8 Å². The molecule has 1 aromatic heterocycles. The third-order valence-corrected chi connectivity index (χ3v) is 18.5. The lowest BCUT2D eigenvalue weighted by Crippen LogP contribution is -2.62. The van der Waals surface area contributed by atoms with Crippen LogP contribution in [0.5, 0.6) is 0 Å². The fourth-order valence-electron chi connectivity index (χ4n) is 11.6. The number of carbonyl (C=O) groups is 19. The van der Waals surface area contributed by atoms with Crippen molar-refractivity contribution in [2.75, 3.05) is 32.8 Å². The molecule has 0 spiro atoms. The quantitative estimate of drug-likeness (QED) is 0.0222. The zero-order valence-electron chi connectivity index (χ0n) is 63.8. The Bertz CT molecular complexity index is 3690. The van der Waals surface area contributed by atoms with Crippen LogP contribution in [0.1, 0.15) is 156 Å². The van der Waals surface area contributed by atoms with Crippen molar-refractivity contribution in [3.8, 4) is 0 Å². The first-order valence-electron chi connectivity index (χ1n) is 37.1. The van der Waals surface area contributed by atoms with Gasteiger partial charge in [0.2, 0.25) is 82.7 Å². The number of aliphatic carboxylic acids is 4. The predicted octanol–water partition coefficient (Wildman–Crippen LogP) is -5.43. The van der Waals surface area contributed by atoms with E-state index in [1.807, 2.05) is 21.3 Å². The minimum atomic E-state index is -2.33. The highest BCUT2D eigenvalue weighted by atomic mass is 16.5. The summed E-state index contributed by atoms with van der Waals surface area (Å²) in [5.41, 5.74) is 12.5. The topological polar surface area (TPSA) is 679 Å². The molecule has 0 radical (unpaired) electrons. The van der Waals surface area contributed by atoms with E-state index in [1.54, 1.807) is 30.5 Å². The smallest absolute Gasteiger partial charge is 0.329 e. The third kappa shape index (κ3) is 34.0. The van der Waals surface area contributed by atoms with Crippen LogP contribution >= 0.6 is 0 Å². The number of H-pyrrole nitrogens is 1. The number of amides is 14. The number of aliphatic hydroxyl groups is 2. The predicted molar refractivity (Wildman–Crippen MR) is 395 cm³/mol. The Balaban J connectivity index is 2.19. The van der Waals surface area contributed by atoms with Crippen molar-refractivity contribution in [1.82, 2.24) is 74.1 Å². The normalized spacial score (nSPS) is 22.0. The lowest BCUT2D eigenvalue weighted by Gasteiger charge is -2.31. The van der Waals surface area contributed by atoms with Crippen LogP contribution in [0.4, 0.5) is 0 Å². The second-order valence-corrected chi connectivity index (χ2v) is 27.7. The molecule has 1 saturated heterocycles. The SMILES string of the molecule is CCC(C)CCCCCCCCC(=O)NC(Cc1c[nH]c2ccccc12)C(=O)NC(CC(N)=O)C(=O)NC(CC(=O)O)C(=O)NC1C(=O)NCC(=O)NC(CCCN)C(=O)NC(CC(=O)O)C(=O)NC(CO)C(=O)NC(CC(=O)O)C(=O)NCC(=O)NC(CO)C(=O)NC(C(C)CC(=O)O)C(=O)NC(C(C)CC)C(=O)OC1C. The van der Waals surface area contributed by atoms with Gasteiger partial charge < -0.3 is 121 Å². The van der Waals surface area contributed by atoms with Gasteiger partial charge in [-0.1, -0.05) is 104 Å². The summed E-state index contributed by atoms with van der Waals surface area (Å²) in [6.45, 7) is 4.20. The van der Waals surface area contributed by atoms with Crippen molar-refractivity contribution in [1.29, 1.82) is 0 Å². The Morgan fingerprint density at radius 3 is 1.60 bits per heavy atom. The number of aromatic amines is 1. The number of nitrogens with one attached hydrogen (secondary N) is 14. The number of carboxylic acids is 4. The Kier molecular flexibility index (Phi) is 41.6. The van der Waals surface area contributed by atoms with Crippen LogP contribution in [-0.2, 0) is 102 Å². The largest absolute Gasteiger partial charge is 0.481 e. The van der Waals surface area contributed by atoms with Gasteiger partial charge in [0.25, 0.3) is 0 Å². The first-order valence-corrected chi connectivity index (χ1v) is 37.1. The first kappa shape index (κ1) is 95.8. The molecule has 1 aromatic carbocycles. The highest BCUT2D eigenvalue weighted by Crippen LogP contribution is 2.22. The van der Waals surface area contributed by atoms with Crippen LogP contribution in [0.15, 0.2) is 30.5 Å². The zero-order chi connectivity index (χ0) is 84.8. The number of cyclic esters (lactones) is 1. The van der Waals surface area contributed by atoms with Crippen molar-refractivity contribution in [2.24, 2.45) is 29.2 Å². The Hall–Kier alpha value is -11.4. The molecule has 628 valence electrons. The lowest BCUT2D eigenvalue weighted by molar-refractivity contribution is -0.158. The fourth-order valence-corrected chi connectivity index (χ4v) is 11.6. The summed E-state index contributed by atoms with van der Waals surface area (Å²) < 4.78 is 5.72. The van der Waals surface area contributed by atoms with Crippen molar-refractivity contribution in [2.45, 2.75) is 230 Å². The Morgan fingerprint density at radius 1 is 0.531 bits per heavy atom. The molecule has 3 rings (SSSR count). The number of carboxylic acid groups (broad SMARTS) is 4. The van der Waals surface area contributed by atoms with Gasteiger partial charge in [-0.2, -0.15) is 0 Å². The molecule has 15 atom stereocenters. The van der Waals surface area contributed by atoms with Crippen LogP contribution in [0.2, 0.25) is 0 Å². The molecular formula is C71H108N16O26. The van der Waals surface area contributed by atoms with Gasteiger partial charge in [-0.05, 0) is 62.1 Å². The van der Waals surface area contributed by atoms with Crippen LogP contribution in [0.25, 0.3) is 10.9 Å². The van der Waals surface area contributed by atoms with Crippen molar-refractivity contribution < 1.29 is 126 Å². The number of ether oxygens (including phenoxy) is 1. The number of aliphatic hydroxyl groups excluding tert-OH is 2. The molecule has 1 aliphatic rings. The molecule has 2 heterocycles. The maximum Gasteiger partial charge on any atom is 0.329 e. The van der Waals surface area contributed by atoms with Gasteiger partial charge in [-0.25, -0.2) is 4.79 Å². The molecule has 42 heteroatoms. The second kappa shape index (κ2) is 49.1. The molecule has 2 aromatic rings. The lowest BCUT2D eigenvalue weighted by atomic mass is 9.94. The van der Waals surface area contributed by atoms with Gasteiger partial charge in [-0.15, -0.1) is 0 Å². The van der Waals surface area contributed by atoms with E-state index in [2.05, 4.69) is 66.7 Å². The summed E-state index contributed by atoms with van der Waals surface area (Å²) in [5, 5.41) is 88.8. The number of primary amides is 1. The molecule has 15 unspecified atom stereocenters. The van der Waals surface area contributed by atoms with Crippen molar-refractivity contribution >= 4 is 123 Å². The molecule has 0 saturated carbocycles. The standard InChI is InChI=1S/C71H108N16O26/c1-7-35(3)18-13-11-9-10-12-14-22-51(91)78-43(25-39-30-74-41-20-16-15-19-40(39)41)63(104)80-44(26-50(73)90)64(105)83-47(29-57(100)101)66(107)87-60-38(6)113-71(112)59(36(4)8-2)86-70(111)58(37(5)24-54(94)95)85-68(109)48(33-88)79-53(93)31-75-61(102)45(27-55(96)97)81-67(108)49(34-89)84-65(106)46(28-56(98)99)82-62(103)42(21-17-23-72)77-52(92)32-76-69(60)110/h15-16,19-20,30,35-38,42-49,58-60,74,88-89H,7-14,17-18,21-29,31-34,72H2,1-6H3,(H2,73,90)(H,75,102)(H,76,110)(H,77,92)(H,78,91)(H,79,93)(H,80,104)(H,81,108)(H,82,103)(H,83,105)(H,84,106)(H,85,109)(H,86,111)(H,87,107)(H,94,95)(H,96,97)(H,98,99)(H,100,101). The summed E-state index contributed by atoms with van der Waals surface area (Å²) in [6.07, 6.45) is 0.378. The number of aromatic nitrogens is 1. The van der Waals surface area contributed by atoms with Crippen molar-refractivity contribution in [3.63, 3.8) is 0 Å². The molecule has 1 aliphatic heterocycles. The number of unbranched alkanes of at least 4 members (excludes halogenated alkanes) is 5. The van der Waals surface area contributed by atoms with Gasteiger partial charge in [0.1, 0.15) is 72.6 Å². The molecule has 24 N–H and O–H groups in total. The van der Waals surface area contributed by atoms with Gasteiger partial charge in [0.15, 0.2) is 0 Å². The molecule has 42 nitrogen and oxygen atoms in total. The molecule has 14 amide bonds. The summed E-state index contributed by atoms with van der Waals surface area (Å²) in [4.78, 5) is 261. The highest BCUT2D eigenvalue weighted by molar-refractivity contribution is 6.02. The second-order valence-electron chi connectivity index (χ2n) is 27.7. The summed E-state index contributed by atoms with van der Waals surface area (Å²) >= 11 is 0. The van der Waals surface area contributed by atoms with E-state index in [-0.39, 0.29) is 32.2 Å². The number of rotatable bonds is 37. The summed E-state index contributed by atoms with van der Waals surface area (Å²) in [6, 6.07) is -15.3. The molecular weight excluding hydrogens is 1490 g/mol. The van der Waals surface area contributed by atoms with E-state index >= 15 is 0 Å². The van der Waals surface area contributed by atoms with Gasteiger partial charge >= 0.3 is 29.8 Å². The van der Waals surface area contributed by atoms with Gasteiger partial charge in [-0.3, -0.25) is 86.3 Å². The number of nitrogens with two attached hydrogens (primary N) is 2. The number of hydrogen-bond acceptors (Lipinski definition) is 23. The Labute approximate surface area is 649 Å². The van der Waals surface area contributed by atoms with E-state index in [0.717, 1.165) is 52.4 Å². The molecule has 0 aliphatic carbocycles. The molecule has 113 heavy (non-hydrogen) atoms. The maximum atomic E-state index is 14.7. The first-order chi connectivity index (χ1) is 53.4. The number of benzene rings is 1. The third-order valence-electron chi connectivity index (χ3n) is 18.5. The van der Waals surface area contributed by atoms with E-state index in [4.69, 9.17) is 16.2 Å². The van der Waals surface area contributed by atoms with E-state index in [1.165, 1.54) is 13.8 Å². The number of fused-ring (bicyclic) bond motifs is 1. The van der Waals surface area contributed by atoms with E-state index < -0.39 is 262 Å². The average molecular weight is 1600 g/mol. The highest BCUT2D eigenvalue weighted by Gasteiger charge is 2.41. The van der Waals surface area contributed by atoms with Gasteiger partial charge in [0.05, 0.1) is 58.4 Å². The fraction of sp³-hybridized carbons (Fsp3) is 0.620. The van der Waals surface area contributed by atoms with Crippen LogP contribution < -0.4 is 80.6 Å². The molecule has 0 bridgehead atoms. The minimum Gasteiger partial charge on any atom is -0.481 e.